The number of benzene rings is 1. The highest BCUT2D eigenvalue weighted by Crippen LogP contribution is 2.19. The van der Waals surface area contributed by atoms with E-state index in [0.29, 0.717) is 6.54 Å². The van der Waals surface area contributed by atoms with Gasteiger partial charge in [0, 0.05) is 18.3 Å². The zero-order chi connectivity index (χ0) is 13.1. The molecule has 0 bridgehead atoms. The third-order valence-corrected chi connectivity index (χ3v) is 3.36. The minimum absolute atomic E-state index is 0.0503. The summed E-state index contributed by atoms with van der Waals surface area (Å²) in [7, 11) is 0. The maximum Gasteiger partial charge on any atom is 0.246 e. The second-order valence-electron chi connectivity index (χ2n) is 4.92. The number of nitrogens with zero attached hydrogens (tertiary/aromatic N) is 1. The van der Waals surface area contributed by atoms with Crippen LogP contribution in [0.2, 0.25) is 0 Å². The summed E-state index contributed by atoms with van der Waals surface area (Å²) >= 11 is 0. The van der Waals surface area contributed by atoms with E-state index in [1.54, 1.807) is 4.90 Å². The van der Waals surface area contributed by atoms with Gasteiger partial charge in [0.2, 0.25) is 5.91 Å². The minimum atomic E-state index is -0.496. The molecule has 1 aliphatic heterocycles. The van der Waals surface area contributed by atoms with E-state index >= 15 is 0 Å². The molecule has 1 amide bonds. The number of hydrogen-bond donors (Lipinski definition) is 2. The van der Waals surface area contributed by atoms with E-state index < -0.39 is 6.04 Å². The molecule has 0 saturated carbocycles. The number of aliphatic hydroxyl groups excluding tert-OH is 1. The van der Waals surface area contributed by atoms with E-state index in [1.165, 1.54) is 5.56 Å². The fourth-order valence-electron chi connectivity index (χ4n) is 2.23. The minimum Gasteiger partial charge on any atom is -0.394 e. The van der Waals surface area contributed by atoms with Crippen molar-refractivity contribution < 1.29 is 9.90 Å². The molecule has 1 fully saturated rings. The summed E-state index contributed by atoms with van der Waals surface area (Å²) in [4.78, 5) is 14.1. The van der Waals surface area contributed by atoms with Crippen molar-refractivity contribution >= 4 is 11.6 Å². The molecule has 18 heavy (non-hydrogen) atoms. The van der Waals surface area contributed by atoms with Crippen LogP contribution in [-0.4, -0.2) is 36.2 Å². The summed E-state index contributed by atoms with van der Waals surface area (Å²) < 4.78 is 0. The topological polar surface area (TPSA) is 52.6 Å². The Morgan fingerprint density at radius 3 is 2.67 bits per heavy atom. The van der Waals surface area contributed by atoms with E-state index in [0.717, 1.165) is 12.1 Å². The van der Waals surface area contributed by atoms with E-state index in [2.05, 4.69) is 5.32 Å². The van der Waals surface area contributed by atoms with Gasteiger partial charge in [-0.2, -0.15) is 0 Å². The van der Waals surface area contributed by atoms with Gasteiger partial charge in [0.1, 0.15) is 6.04 Å². The number of carbonyl (C=O) groups is 1. The predicted molar refractivity (Wildman–Crippen MR) is 71.6 cm³/mol. The van der Waals surface area contributed by atoms with E-state index in [4.69, 9.17) is 0 Å². The highest BCUT2D eigenvalue weighted by atomic mass is 16.3. The molecular formula is C14H20N2O2. The van der Waals surface area contributed by atoms with Gasteiger partial charge in [-0.25, -0.2) is 0 Å². The average Bonchev–Trinajstić information content (AvgIpc) is 2.51. The molecule has 2 unspecified atom stereocenters. The SMILES string of the molecule is Cc1ccc(N2CCC(C)NC(CO)C2=O)cc1. The molecular weight excluding hydrogens is 228 g/mol. The molecule has 0 radical (unpaired) electrons. The molecule has 2 N–H and O–H groups in total. The summed E-state index contributed by atoms with van der Waals surface area (Å²) in [6.45, 7) is 4.58. The van der Waals surface area contributed by atoms with Crippen LogP contribution in [0.15, 0.2) is 24.3 Å². The van der Waals surface area contributed by atoms with Gasteiger partial charge in [0.15, 0.2) is 0 Å². The molecule has 4 nitrogen and oxygen atoms in total. The molecule has 0 spiro atoms. The third kappa shape index (κ3) is 2.71. The lowest BCUT2D eigenvalue weighted by molar-refractivity contribution is -0.121. The van der Waals surface area contributed by atoms with Crippen molar-refractivity contribution in [2.45, 2.75) is 32.4 Å². The first kappa shape index (κ1) is 13.1. The predicted octanol–water partition coefficient (Wildman–Crippen LogP) is 1.07. The summed E-state index contributed by atoms with van der Waals surface area (Å²) in [6.07, 6.45) is 0.885. The van der Waals surface area contributed by atoms with Crippen LogP contribution in [0, 0.1) is 6.92 Å². The second-order valence-corrected chi connectivity index (χ2v) is 4.92. The van der Waals surface area contributed by atoms with Gasteiger partial charge in [0.25, 0.3) is 0 Å². The standard InChI is InChI=1S/C14H20N2O2/c1-10-3-5-12(6-4-10)16-8-7-11(2)15-13(9-17)14(16)18/h3-6,11,13,15,17H,7-9H2,1-2H3. The molecule has 1 heterocycles. The largest absolute Gasteiger partial charge is 0.394 e. The molecule has 1 aliphatic rings. The van der Waals surface area contributed by atoms with Crippen LogP contribution < -0.4 is 10.2 Å². The van der Waals surface area contributed by atoms with Gasteiger partial charge in [-0.3, -0.25) is 4.79 Å². The van der Waals surface area contributed by atoms with Crippen molar-refractivity contribution in [2.75, 3.05) is 18.1 Å². The quantitative estimate of drug-likeness (QED) is 0.823. The molecule has 4 heteroatoms. The Labute approximate surface area is 108 Å². The molecule has 1 aromatic carbocycles. The van der Waals surface area contributed by atoms with Crippen molar-refractivity contribution in [2.24, 2.45) is 0 Å². The summed E-state index contributed by atoms with van der Waals surface area (Å²) in [5, 5.41) is 12.5. The zero-order valence-corrected chi connectivity index (χ0v) is 10.9. The number of hydrogen-bond acceptors (Lipinski definition) is 3. The van der Waals surface area contributed by atoms with Crippen LogP contribution in [0.4, 0.5) is 5.69 Å². The first-order valence-corrected chi connectivity index (χ1v) is 6.37. The first-order valence-electron chi connectivity index (χ1n) is 6.37. The fourth-order valence-corrected chi connectivity index (χ4v) is 2.23. The summed E-state index contributed by atoms with van der Waals surface area (Å²) in [5.74, 6) is -0.0503. The van der Waals surface area contributed by atoms with E-state index in [1.807, 2.05) is 38.1 Å². The van der Waals surface area contributed by atoms with Crippen molar-refractivity contribution in [1.29, 1.82) is 0 Å². The monoisotopic (exact) mass is 248 g/mol. The average molecular weight is 248 g/mol. The van der Waals surface area contributed by atoms with E-state index in [9.17, 15) is 9.90 Å². The van der Waals surface area contributed by atoms with Crippen LogP contribution >= 0.6 is 0 Å². The number of nitrogens with one attached hydrogen (secondary N) is 1. The second kappa shape index (κ2) is 5.50. The number of aliphatic hydroxyl groups is 1. The maximum absolute atomic E-state index is 12.3. The normalized spacial score (nSPS) is 25.1. The Balaban J connectivity index is 2.25. The lowest BCUT2D eigenvalue weighted by Gasteiger charge is -2.23. The fraction of sp³-hybridized carbons (Fsp3) is 0.500. The highest BCUT2D eigenvalue weighted by molar-refractivity contribution is 5.97. The molecule has 0 aromatic heterocycles. The Bertz CT molecular complexity index is 416. The highest BCUT2D eigenvalue weighted by Gasteiger charge is 2.29. The van der Waals surface area contributed by atoms with Gasteiger partial charge in [-0.1, -0.05) is 17.7 Å². The van der Waals surface area contributed by atoms with Crippen molar-refractivity contribution in [3.63, 3.8) is 0 Å². The van der Waals surface area contributed by atoms with Crippen molar-refractivity contribution in [3.8, 4) is 0 Å². The summed E-state index contributed by atoms with van der Waals surface area (Å²) in [6, 6.07) is 7.65. The molecule has 0 aliphatic carbocycles. The number of aryl methyl sites for hydroxylation is 1. The Morgan fingerprint density at radius 1 is 1.39 bits per heavy atom. The van der Waals surface area contributed by atoms with Gasteiger partial charge in [0.05, 0.1) is 6.61 Å². The third-order valence-electron chi connectivity index (χ3n) is 3.36. The molecule has 98 valence electrons. The van der Waals surface area contributed by atoms with Crippen LogP contribution in [-0.2, 0) is 4.79 Å². The Hall–Kier alpha value is -1.39. The molecule has 1 saturated heterocycles. The molecule has 1 aromatic rings. The number of amides is 1. The Morgan fingerprint density at radius 2 is 2.06 bits per heavy atom. The number of rotatable bonds is 2. The lowest BCUT2D eigenvalue weighted by Crippen LogP contribution is -2.47. The zero-order valence-electron chi connectivity index (χ0n) is 10.9. The molecule has 2 rings (SSSR count). The van der Waals surface area contributed by atoms with Crippen molar-refractivity contribution in [3.05, 3.63) is 29.8 Å². The van der Waals surface area contributed by atoms with Gasteiger partial charge >= 0.3 is 0 Å². The van der Waals surface area contributed by atoms with Crippen LogP contribution in [0.5, 0.6) is 0 Å². The smallest absolute Gasteiger partial charge is 0.246 e. The summed E-state index contributed by atoms with van der Waals surface area (Å²) in [5.41, 5.74) is 2.08. The first-order chi connectivity index (χ1) is 8.61. The van der Waals surface area contributed by atoms with Crippen LogP contribution in [0.3, 0.4) is 0 Å². The lowest BCUT2D eigenvalue weighted by atomic mass is 10.2. The maximum atomic E-state index is 12.3. The van der Waals surface area contributed by atoms with Gasteiger partial charge in [-0.15, -0.1) is 0 Å². The number of anilines is 1. The molecule has 2 atom stereocenters. The Kier molecular flexibility index (Phi) is 3.99. The van der Waals surface area contributed by atoms with Crippen LogP contribution in [0.25, 0.3) is 0 Å². The van der Waals surface area contributed by atoms with E-state index in [-0.39, 0.29) is 18.6 Å². The number of carbonyl (C=O) groups excluding carboxylic acids is 1. The van der Waals surface area contributed by atoms with Crippen molar-refractivity contribution in [1.82, 2.24) is 5.32 Å². The van der Waals surface area contributed by atoms with Crippen LogP contribution in [0.1, 0.15) is 18.9 Å². The van der Waals surface area contributed by atoms with Gasteiger partial charge < -0.3 is 15.3 Å². The van der Waals surface area contributed by atoms with Gasteiger partial charge in [-0.05, 0) is 32.4 Å².